The number of rotatable bonds is 4. The van der Waals surface area contributed by atoms with Gasteiger partial charge >= 0.3 is 6.03 Å². The molecule has 1 aromatic heterocycles. The number of benzene rings is 3. The molecule has 0 spiro atoms. The summed E-state index contributed by atoms with van der Waals surface area (Å²) in [6.07, 6.45) is 0. The van der Waals surface area contributed by atoms with Crippen LogP contribution in [-0.4, -0.2) is 16.3 Å². The normalized spacial score (nSPS) is 10.5. The van der Waals surface area contributed by atoms with Gasteiger partial charge in [-0.2, -0.15) is 0 Å². The quantitative estimate of drug-likeness (QED) is 0.340. The number of carbonyl (C=O) groups excluding carboxylic acids is 2. The molecule has 0 aliphatic carbocycles. The van der Waals surface area contributed by atoms with Crippen LogP contribution in [0.15, 0.2) is 83.2 Å². The first-order valence-electron chi connectivity index (χ1n) is 8.73. The van der Waals surface area contributed by atoms with Crippen molar-refractivity contribution >= 4 is 61.6 Å². The first kappa shape index (κ1) is 19.0. The van der Waals surface area contributed by atoms with E-state index in [4.69, 9.17) is 0 Å². The van der Waals surface area contributed by atoms with Gasteiger partial charge in [0.05, 0.1) is 10.2 Å². The number of hydrogen-bond donors (Lipinski definition) is 3. The van der Waals surface area contributed by atoms with Gasteiger partial charge in [0, 0.05) is 28.8 Å². The summed E-state index contributed by atoms with van der Waals surface area (Å²) in [6, 6.07) is 23.6. The first-order valence-corrected chi connectivity index (χ1v) is 10.4. The van der Waals surface area contributed by atoms with Gasteiger partial charge in [-0.05, 0) is 42.5 Å². The standard InChI is InChI=1S/C21H16N4O2S2/c26-19(22-14-7-3-1-4-8-14)23-16-11-12-17-18(13-16)28-21(25-17)29-20(27)24-15-9-5-2-6-10-15/h1-13H,(H,24,27)(H2,22,23,26). The molecule has 4 aromatic rings. The Morgan fingerprint density at radius 1 is 0.759 bits per heavy atom. The van der Waals surface area contributed by atoms with Crippen molar-refractivity contribution in [3.05, 3.63) is 78.9 Å². The fraction of sp³-hybridized carbons (Fsp3) is 0. The van der Waals surface area contributed by atoms with Crippen molar-refractivity contribution in [2.75, 3.05) is 16.0 Å². The number of urea groups is 1. The molecule has 0 aliphatic heterocycles. The lowest BCUT2D eigenvalue weighted by Crippen LogP contribution is -2.19. The molecule has 0 aliphatic rings. The van der Waals surface area contributed by atoms with Crippen molar-refractivity contribution in [2.24, 2.45) is 0 Å². The number of hydrogen-bond acceptors (Lipinski definition) is 5. The summed E-state index contributed by atoms with van der Waals surface area (Å²) in [5, 5.41) is 8.20. The Labute approximate surface area is 175 Å². The fourth-order valence-corrected chi connectivity index (χ4v) is 4.45. The van der Waals surface area contributed by atoms with Crippen molar-refractivity contribution in [3.8, 4) is 0 Å². The smallest absolute Gasteiger partial charge is 0.317 e. The molecule has 3 aromatic carbocycles. The molecule has 0 atom stereocenters. The molecule has 29 heavy (non-hydrogen) atoms. The van der Waals surface area contributed by atoms with Gasteiger partial charge in [0.25, 0.3) is 5.24 Å². The Kier molecular flexibility index (Phi) is 5.73. The van der Waals surface area contributed by atoms with E-state index < -0.39 is 0 Å². The van der Waals surface area contributed by atoms with Gasteiger partial charge in [0.2, 0.25) is 0 Å². The van der Waals surface area contributed by atoms with E-state index in [1.54, 1.807) is 6.07 Å². The summed E-state index contributed by atoms with van der Waals surface area (Å²) in [5.74, 6) is 0. The molecule has 144 valence electrons. The SMILES string of the molecule is O=C(Nc1ccccc1)Nc1ccc2nc(SC(=O)Nc3ccccc3)sc2c1. The average Bonchev–Trinajstić information content (AvgIpc) is 3.10. The highest BCUT2D eigenvalue weighted by molar-refractivity contribution is 8.15. The number of nitrogens with one attached hydrogen (secondary N) is 3. The summed E-state index contributed by atoms with van der Waals surface area (Å²) >= 11 is 2.44. The number of aromatic nitrogens is 1. The van der Waals surface area contributed by atoms with Crippen LogP contribution in [0.1, 0.15) is 0 Å². The molecule has 3 amide bonds. The molecule has 0 unspecified atom stereocenters. The molecule has 4 rings (SSSR count). The number of para-hydroxylation sites is 2. The van der Waals surface area contributed by atoms with E-state index in [0.717, 1.165) is 27.7 Å². The molecule has 0 radical (unpaired) electrons. The van der Waals surface area contributed by atoms with Gasteiger partial charge in [0.15, 0.2) is 4.34 Å². The second kappa shape index (κ2) is 8.76. The minimum Gasteiger partial charge on any atom is -0.317 e. The Balaban J connectivity index is 1.40. The van der Waals surface area contributed by atoms with E-state index in [1.807, 2.05) is 72.8 Å². The van der Waals surface area contributed by atoms with Crippen molar-refractivity contribution in [1.82, 2.24) is 4.98 Å². The second-order valence-corrected chi connectivity index (χ2v) is 8.24. The van der Waals surface area contributed by atoms with Crippen molar-refractivity contribution < 1.29 is 9.59 Å². The van der Waals surface area contributed by atoms with Crippen LogP contribution in [-0.2, 0) is 0 Å². The van der Waals surface area contributed by atoms with E-state index in [-0.39, 0.29) is 11.3 Å². The zero-order chi connectivity index (χ0) is 20.1. The predicted octanol–water partition coefficient (Wildman–Crippen LogP) is 6.26. The third kappa shape index (κ3) is 5.13. The molecule has 0 saturated heterocycles. The number of nitrogens with zero attached hydrogens (tertiary/aromatic N) is 1. The molecule has 0 fully saturated rings. The third-order valence-electron chi connectivity index (χ3n) is 3.86. The number of thiazole rings is 1. The van der Waals surface area contributed by atoms with Gasteiger partial charge in [-0.15, -0.1) is 11.3 Å². The lowest BCUT2D eigenvalue weighted by molar-refractivity contribution is 0.262. The Morgan fingerprint density at radius 2 is 1.38 bits per heavy atom. The van der Waals surface area contributed by atoms with Crippen LogP contribution < -0.4 is 16.0 Å². The number of amides is 3. The lowest BCUT2D eigenvalue weighted by atomic mass is 10.3. The minimum absolute atomic E-state index is 0.198. The Morgan fingerprint density at radius 3 is 2.07 bits per heavy atom. The van der Waals surface area contributed by atoms with Crippen LogP contribution in [0.4, 0.5) is 26.7 Å². The van der Waals surface area contributed by atoms with Crippen LogP contribution >= 0.6 is 23.1 Å². The minimum atomic E-state index is -0.322. The zero-order valence-corrected chi connectivity index (χ0v) is 16.7. The highest BCUT2D eigenvalue weighted by atomic mass is 32.2. The van der Waals surface area contributed by atoms with E-state index in [0.29, 0.717) is 15.7 Å². The Bertz CT molecular complexity index is 1090. The molecular weight excluding hydrogens is 404 g/mol. The molecule has 3 N–H and O–H groups in total. The number of fused-ring (bicyclic) bond motifs is 1. The molecule has 1 heterocycles. The van der Waals surface area contributed by atoms with Crippen LogP contribution in [0, 0.1) is 0 Å². The summed E-state index contributed by atoms with van der Waals surface area (Å²) in [5.41, 5.74) is 2.88. The maximum Gasteiger partial charge on any atom is 0.323 e. The third-order valence-corrected chi connectivity index (χ3v) is 5.72. The van der Waals surface area contributed by atoms with Crippen molar-refractivity contribution in [3.63, 3.8) is 0 Å². The van der Waals surface area contributed by atoms with Crippen LogP contribution in [0.25, 0.3) is 10.2 Å². The average molecular weight is 421 g/mol. The number of carbonyl (C=O) groups is 2. The summed E-state index contributed by atoms with van der Waals surface area (Å²) < 4.78 is 1.52. The molecule has 6 nitrogen and oxygen atoms in total. The zero-order valence-electron chi connectivity index (χ0n) is 15.1. The molecular formula is C21H16N4O2S2. The Hall–Kier alpha value is -3.36. The van der Waals surface area contributed by atoms with E-state index in [2.05, 4.69) is 20.9 Å². The largest absolute Gasteiger partial charge is 0.323 e. The predicted molar refractivity (Wildman–Crippen MR) is 120 cm³/mol. The fourth-order valence-electron chi connectivity index (χ4n) is 2.58. The van der Waals surface area contributed by atoms with E-state index in [1.165, 1.54) is 11.3 Å². The van der Waals surface area contributed by atoms with Crippen molar-refractivity contribution in [1.29, 1.82) is 0 Å². The molecule has 8 heteroatoms. The van der Waals surface area contributed by atoms with Gasteiger partial charge in [0.1, 0.15) is 0 Å². The summed E-state index contributed by atoms with van der Waals surface area (Å²) in [6.45, 7) is 0. The van der Waals surface area contributed by atoms with Crippen molar-refractivity contribution in [2.45, 2.75) is 4.34 Å². The lowest BCUT2D eigenvalue weighted by Gasteiger charge is -2.07. The molecule has 0 saturated carbocycles. The first-order chi connectivity index (χ1) is 14.2. The van der Waals surface area contributed by atoms with E-state index >= 15 is 0 Å². The maximum atomic E-state index is 12.2. The maximum absolute atomic E-state index is 12.2. The number of anilines is 3. The highest BCUT2D eigenvalue weighted by Gasteiger charge is 2.11. The monoisotopic (exact) mass is 420 g/mol. The van der Waals surface area contributed by atoms with Crippen LogP contribution in [0.2, 0.25) is 0 Å². The van der Waals surface area contributed by atoms with Gasteiger partial charge in [-0.3, -0.25) is 4.79 Å². The highest BCUT2D eigenvalue weighted by Crippen LogP contribution is 2.32. The second-order valence-electron chi connectivity index (χ2n) is 5.99. The van der Waals surface area contributed by atoms with Gasteiger partial charge < -0.3 is 16.0 Å². The number of thioether (sulfide) groups is 1. The van der Waals surface area contributed by atoms with Crippen LogP contribution in [0.3, 0.4) is 0 Å². The molecule has 0 bridgehead atoms. The van der Waals surface area contributed by atoms with Crippen LogP contribution in [0.5, 0.6) is 0 Å². The van der Waals surface area contributed by atoms with E-state index in [9.17, 15) is 9.59 Å². The van der Waals surface area contributed by atoms with Gasteiger partial charge in [-0.25, -0.2) is 9.78 Å². The summed E-state index contributed by atoms with van der Waals surface area (Å²) in [4.78, 5) is 28.8. The van der Waals surface area contributed by atoms with Gasteiger partial charge in [-0.1, -0.05) is 36.4 Å². The summed E-state index contributed by atoms with van der Waals surface area (Å²) in [7, 11) is 0. The topological polar surface area (TPSA) is 83.1 Å².